The van der Waals surface area contributed by atoms with E-state index in [1.807, 2.05) is 31.2 Å². The summed E-state index contributed by atoms with van der Waals surface area (Å²) < 4.78 is 12.0. The Labute approximate surface area is 159 Å². The van der Waals surface area contributed by atoms with Gasteiger partial charge in [-0.05, 0) is 59.4 Å². The van der Waals surface area contributed by atoms with Gasteiger partial charge in [0, 0.05) is 5.56 Å². The van der Waals surface area contributed by atoms with Crippen molar-refractivity contribution in [1.29, 1.82) is 0 Å². The molecule has 2 rings (SSSR count). The van der Waals surface area contributed by atoms with E-state index in [1.165, 1.54) is 12.7 Å². The quantitative estimate of drug-likeness (QED) is 0.534. The largest absolute Gasteiger partial charge is 0.493 e. The maximum atomic E-state index is 12.0. The van der Waals surface area contributed by atoms with E-state index in [2.05, 4.69) is 40.1 Å². The molecule has 1 amide bonds. The molecule has 7 heteroatoms. The minimum atomic E-state index is -0.385. The summed E-state index contributed by atoms with van der Waals surface area (Å²) in [7, 11) is 1.53. The van der Waals surface area contributed by atoms with Crippen LogP contribution < -0.4 is 20.5 Å². The third kappa shape index (κ3) is 4.81. The minimum Gasteiger partial charge on any atom is -0.493 e. The molecular formula is C17H17IN2O3S. The van der Waals surface area contributed by atoms with Crippen LogP contribution in [0, 0.1) is 10.5 Å². The predicted molar refractivity (Wildman–Crippen MR) is 105 cm³/mol. The highest BCUT2D eigenvalue weighted by Gasteiger charge is 2.16. The highest BCUT2D eigenvalue weighted by molar-refractivity contribution is 14.1. The molecule has 0 saturated heterocycles. The molecule has 0 aliphatic heterocycles. The van der Waals surface area contributed by atoms with Crippen LogP contribution in [0.3, 0.4) is 0 Å². The van der Waals surface area contributed by atoms with Crippen molar-refractivity contribution in [3.63, 3.8) is 0 Å². The van der Waals surface area contributed by atoms with E-state index in [4.69, 9.17) is 15.2 Å². The molecule has 2 aromatic rings. The zero-order chi connectivity index (χ0) is 17.7. The van der Waals surface area contributed by atoms with Crippen molar-refractivity contribution in [2.75, 3.05) is 7.11 Å². The van der Waals surface area contributed by atoms with Crippen molar-refractivity contribution in [2.45, 2.75) is 13.5 Å². The molecule has 0 atom stereocenters. The van der Waals surface area contributed by atoms with Gasteiger partial charge in [-0.1, -0.05) is 29.8 Å². The first-order chi connectivity index (χ1) is 11.4. The summed E-state index contributed by atoms with van der Waals surface area (Å²) in [5.41, 5.74) is 7.97. The molecule has 126 valence electrons. The molecule has 5 nitrogen and oxygen atoms in total. The van der Waals surface area contributed by atoms with E-state index in [9.17, 15) is 4.79 Å². The topological polar surface area (TPSA) is 73.6 Å². The number of carbonyl (C=O) groups is 1. The average Bonchev–Trinajstić information content (AvgIpc) is 2.54. The zero-order valence-corrected chi connectivity index (χ0v) is 16.2. The number of aryl methyl sites for hydroxylation is 1. The Bertz CT molecular complexity index is 763. The lowest BCUT2D eigenvalue weighted by molar-refractivity contribution is 0.0977. The van der Waals surface area contributed by atoms with Crippen molar-refractivity contribution in [3.05, 3.63) is 56.7 Å². The number of hydrogen-bond donors (Lipinski definition) is 2. The molecule has 0 heterocycles. The van der Waals surface area contributed by atoms with Gasteiger partial charge in [0.25, 0.3) is 5.91 Å². The Morgan fingerprint density at radius 1 is 1.29 bits per heavy atom. The summed E-state index contributed by atoms with van der Waals surface area (Å²) in [6, 6.07) is 11.4. The van der Waals surface area contributed by atoms with Crippen LogP contribution in [0.5, 0.6) is 11.5 Å². The van der Waals surface area contributed by atoms with Gasteiger partial charge in [0.1, 0.15) is 6.61 Å². The summed E-state index contributed by atoms with van der Waals surface area (Å²) in [5.74, 6) is 0.677. The zero-order valence-electron chi connectivity index (χ0n) is 13.3. The SMILES string of the molecule is COc1cc(C(=O)NC(N)=S)cc(I)c1OCc1ccc(C)cc1. The normalized spacial score (nSPS) is 10.1. The van der Waals surface area contributed by atoms with Gasteiger partial charge in [-0.15, -0.1) is 0 Å². The third-order valence-electron chi connectivity index (χ3n) is 3.23. The molecule has 0 spiro atoms. The Hall–Kier alpha value is -1.87. The summed E-state index contributed by atoms with van der Waals surface area (Å²) >= 11 is 6.79. The fourth-order valence-corrected chi connectivity index (χ4v) is 2.86. The number of ether oxygens (including phenoxy) is 2. The van der Waals surface area contributed by atoms with Gasteiger partial charge in [0.05, 0.1) is 10.7 Å². The average molecular weight is 456 g/mol. The Balaban J connectivity index is 2.21. The van der Waals surface area contributed by atoms with E-state index < -0.39 is 0 Å². The molecule has 0 bridgehead atoms. The van der Waals surface area contributed by atoms with Crippen molar-refractivity contribution in [3.8, 4) is 11.5 Å². The second-order valence-corrected chi connectivity index (χ2v) is 6.68. The van der Waals surface area contributed by atoms with Gasteiger partial charge in [-0.2, -0.15) is 0 Å². The summed E-state index contributed by atoms with van der Waals surface area (Å²) in [6.45, 7) is 2.44. The van der Waals surface area contributed by atoms with E-state index in [0.717, 1.165) is 9.13 Å². The lowest BCUT2D eigenvalue weighted by Crippen LogP contribution is -2.34. The summed E-state index contributed by atoms with van der Waals surface area (Å²) in [5, 5.41) is 2.32. The van der Waals surface area contributed by atoms with Gasteiger partial charge in [0.15, 0.2) is 16.6 Å². The summed E-state index contributed by atoms with van der Waals surface area (Å²) in [4.78, 5) is 12.0. The van der Waals surface area contributed by atoms with Gasteiger partial charge in [-0.25, -0.2) is 0 Å². The minimum absolute atomic E-state index is 0.0753. The van der Waals surface area contributed by atoms with Gasteiger partial charge in [0.2, 0.25) is 0 Å². The molecule has 0 aromatic heterocycles. The Morgan fingerprint density at radius 3 is 2.54 bits per heavy atom. The van der Waals surface area contributed by atoms with Crippen LogP contribution in [-0.4, -0.2) is 18.1 Å². The number of halogens is 1. The van der Waals surface area contributed by atoms with Gasteiger partial charge < -0.3 is 15.2 Å². The lowest BCUT2D eigenvalue weighted by atomic mass is 10.1. The molecule has 24 heavy (non-hydrogen) atoms. The monoisotopic (exact) mass is 456 g/mol. The molecule has 3 N–H and O–H groups in total. The number of carbonyl (C=O) groups excluding carboxylic acids is 1. The first-order valence-corrected chi connectivity index (χ1v) is 8.56. The van der Waals surface area contributed by atoms with Crippen LogP contribution in [0.2, 0.25) is 0 Å². The van der Waals surface area contributed by atoms with Crippen molar-refractivity contribution in [1.82, 2.24) is 5.32 Å². The third-order valence-corrected chi connectivity index (χ3v) is 4.14. The molecule has 0 fully saturated rings. The number of nitrogens with one attached hydrogen (secondary N) is 1. The number of benzene rings is 2. The summed E-state index contributed by atoms with van der Waals surface area (Å²) in [6.07, 6.45) is 0. The predicted octanol–water partition coefficient (Wildman–Crippen LogP) is 3.16. The molecule has 2 aromatic carbocycles. The maximum absolute atomic E-state index is 12.0. The number of amides is 1. The smallest absolute Gasteiger partial charge is 0.257 e. The first kappa shape index (κ1) is 18.5. The van der Waals surface area contributed by atoms with Crippen molar-refractivity contribution < 1.29 is 14.3 Å². The van der Waals surface area contributed by atoms with Crippen LogP contribution in [0.25, 0.3) is 0 Å². The van der Waals surface area contributed by atoms with E-state index >= 15 is 0 Å². The fourth-order valence-electron chi connectivity index (χ4n) is 2.01. The van der Waals surface area contributed by atoms with Crippen LogP contribution in [0.1, 0.15) is 21.5 Å². The van der Waals surface area contributed by atoms with Crippen LogP contribution in [0.4, 0.5) is 0 Å². The second kappa shape index (κ2) is 8.29. The van der Waals surface area contributed by atoms with E-state index in [1.54, 1.807) is 12.1 Å². The molecule has 0 saturated carbocycles. The number of nitrogens with two attached hydrogens (primary N) is 1. The molecule has 0 aliphatic rings. The van der Waals surface area contributed by atoms with Gasteiger partial charge in [-0.3, -0.25) is 10.1 Å². The maximum Gasteiger partial charge on any atom is 0.257 e. The Morgan fingerprint density at radius 2 is 1.96 bits per heavy atom. The second-order valence-electron chi connectivity index (χ2n) is 5.08. The first-order valence-electron chi connectivity index (χ1n) is 7.07. The van der Waals surface area contributed by atoms with Crippen molar-refractivity contribution >= 4 is 45.8 Å². The van der Waals surface area contributed by atoms with E-state index in [-0.39, 0.29) is 11.0 Å². The standard InChI is InChI=1S/C17H17IN2O3S/c1-10-3-5-11(6-4-10)9-23-15-13(18)7-12(8-14(15)22-2)16(21)20-17(19)24/h3-8H,9H2,1-2H3,(H3,19,20,21,24). The number of thiocarbonyl (C=S) groups is 1. The fraction of sp³-hybridized carbons (Fsp3) is 0.176. The molecule has 0 aliphatic carbocycles. The number of hydrogen-bond acceptors (Lipinski definition) is 4. The molecular weight excluding hydrogens is 439 g/mol. The molecule has 0 radical (unpaired) electrons. The van der Waals surface area contributed by atoms with Gasteiger partial charge >= 0.3 is 0 Å². The number of methoxy groups -OCH3 is 1. The highest BCUT2D eigenvalue weighted by atomic mass is 127. The number of rotatable bonds is 5. The Kier molecular flexibility index (Phi) is 6.38. The lowest BCUT2D eigenvalue weighted by Gasteiger charge is -2.14. The molecule has 0 unspecified atom stereocenters. The van der Waals surface area contributed by atoms with E-state index in [0.29, 0.717) is 23.7 Å². The van der Waals surface area contributed by atoms with Crippen LogP contribution >= 0.6 is 34.8 Å². The van der Waals surface area contributed by atoms with Crippen LogP contribution in [-0.2, 0) is 6.61 Å². The van der Waals surface area contributed by atoms with Crippen molar-refractivity contribution in [2.24, 2.45) is 5.73 Å². The van der Waals surface area contributed by atoms with Crippen LogP contribution in [0.15, 0.2) is 36.4 Å². The highest BCUT2D eigenvalue weighted by Crippen LogP contribution is 2.34.